The lowest BCUT2D eigenvalue weighted by atomic mass is 10.00. The fourth-order valence-corrected chi connectivity index (χ4v) is 1.84. The molecule has 0 aliphatic carbocycles. The number of aliphatic hydroxyl groups is 1. The highest BCUT2D eigenvalue weighted by Gasteiger charge is 2.17. The molecular formula is C14H23N3O3. The van der Waals surface area contributed by atoms with Gasteiger partial charge in [0.1, 0.15) is 5.75 Å². The Kier molecular flexibility index (Phi) is 5.79. The van der Waals surface area contributed by atoms with Gasteiger partial charge < -0.3 is 26.1 Å². The summed E-state index contributed by atoms with van der Waals surface area (Å²) in [5, 5.41) is 24.1. The second kappa shape index (κ2) is 7.12. The predicted molar refractivity (Wildman–Crippen MR) is 78.1 cm³/mol. The van der Waals surface area contributed by atoms with Crippen LogP contribution in [0.5, 0.6) is 5.75 Å². The maximum absolute atomic E-state index is 9.02. The van der Waals surface area contributed by atoms with Gasteiger partial charge in [0.05, 0.1) is 7.11 Å². The van der Waals surface area contributed by atoms with E-state index < -0.39 is 0 Å². The number of ether oxygens (including phenoxy) is 1. The number of methoxy groups -OCH3 is 1. The fourth-order valence-electron chi connectivity index (χ4n) is 1.84. The summed E-state index contributed by atoms with van der Waals surface area (Å²) in [6.45, 7) is 4.72. The molecule has 0 spiro atoms. The highest BCUT2D eigenvalue weighted by molar-refractivity contribution is 5.97. The van der Waals surface area contributed by atoms with Gasteiger partial charge in [-0.05, 0) is 38.5 Å². The van der Waals surface area contributed by atoms with Gasteiger partial charge in [0.25, 0.3) is 0 Å². The van der Waals surface area contributed by atoms with Crippen molar-refractivity contribution in [2.24, 2.45) is 10.9 Å². The molecule has 0 fully saturated rings. The van der Waals surface area contributed by atoms with Crippen molar-refractivity contribution in [3.63, 3.8) is 0 Å². The van der Waals surface area contributed by atoms with Crippen molar-refractivity contribution in [2.75, 3.05) is 13.7 Å². The lowest BCUT2D eigenvalue weighted by molar-refractivity contribution is 0.229. The third-order valence-corrected chi connectivity index (χ3v) is 3.18. The van der Waals surface area contributed by atoms with Crippen LogP contribution in [0.2, 0.25) is 0 Å². The quantitative estimate of drug-likeness (QED) is 0.259. The van der Waals surface area contributed by atoms with Crippen LogP contribution in [0.1, 0.15) is 31.4 Å². The topological polar surface area (TPSA) is 100 Å². The summed E-state index contributed by atoms with van der Waals surface area (Å²) in [5.74, 6) is 0.787. The molecule has 0 aliphatic heterocycles. The molecule has 1 rings (SSSR count). The van der Waals surface area contributed by atoms with E-state index in [0.717, 1.165) is 11.3 Å². The number of hydrogen-bond donors (Lipinski definition) is 4. The van der Waals surface area contributed by atoms with Crippen LogP contribution in [0.3, 0.4) is 0 Å². The van der Waals surface area contributed by atoms with Gasteiger partial charge in [0, 0.05) is 29.8 Å². The second-order valence-electron chi connectivity index (χ2n) is 5.22. The van der Waals surface area contributed by atoms with E-state index in [1.165, 1.54) is 0 Å². The van der Waals surface area contributed by atoms with Crippen molar-refractivity contribution >= 4 is 5.84 Å². The Morgan fingerprint density at radius 1 is 1.45 bits per heavy atom. The molecule has 6 nitrogen and oxygen atoms in total. The van der Waals surface area contributed by atoms with Gasteiger partial charge in [-0.15, -0.1) is 0 Å². The zero-order valence-electron chi connectivity index (χ0n) is 12.2. The fraction of sp³-hybridized carbons (Fsp3) is 0.500. The number of nitrogens with one attached hydrogen (secondary N) is 1. The number of benzene rings is 1. The second-order valence-corrected chi connectivity index (χ2v) is 5.22. The highest BCUT2D eigenvalue weighted by Crippen LogP contribution is 2.21. The number of aliphatic hydroxyl groups excluding tert-OH is 1. The van der Waals surface area contributed by atoms with Crippen LogP contribution in [0.15, 0.2) is 23.4 Å². The lowest BCUT2D eigenvalue weighted by Crippen LogP contribution is -2.39. The van der Waals surface area contributed by atoms with Crippen molar-refractivity contribution in [3.8, 4) is 5.75 Å². The normalized spacial score (nSPS) is 12.5. The maximum Gasteiger partial charge on any atom is 0.170 e. The number of hydrogen-bond acceptors (Lipinski definition) is 5. The van der Waals surface area contributed by atoms with Crippen LogP contribution in [-0.2, 0) is 6.54 Å². The molecule has 0 bridgehead atoms. The minimum absolute atomic E-state index is 0.0588. The van der Waals surface area contributed by atoms with Crippen LogP contribution in [-0.4, -0.2) is 35.4 Å². The summed E-state index contributed by atoms with van der Waals surface area (Å²) >= 11 is 0. The number of rotatable bonds is 7. The van der Waals surface area contributed by atoms with E-state index in [9.17, 15) is 0 Å². The molecule has 0 radical (unpaired) electrons. The predicted octanol–water partition coefficient (Wildman–Crippen LogP) is 1.04. The molecule has 1 aromatic rings. The summed E-state index contributed by atoms with van der Waals surface area (Å²) in [5.41, 5.74) is 6.94. The Hall–Kier alpha value is -1.79. The SMILES string of the molecule is COc1ccc(/C(N)=N/O)cc1CNC(C)(C)CCO. The standard InChI is InChI=1S/C14H23N3O3/c1-14(2,6-7-18)16-9-11-8-10(13(15)17-19)4-5-12(11)20-3/h4-5,8,16,18-19H,6-7,9H2,1-3H3,(H2,15,17). The van der Waals surface area contributed by atoms with Crippen molar-refractivity contribution in [2.45, 2.75) is 32.4 Å². The molecule has 1 aromatic carbocycles. The molecule has 0 aromatic heterocycles. The summed E-state index contributed by atoms with van der Waals surface area (Å²) in [6.07, 6.45) is 0.648. The molecule has 20 heavy (non-hydrogen) atoms. The molecule has 0 saturated heterocycles. The van der Waals surface area contributed by atoms with Gasteiger partial charge in [0.2, 0.25) is 0 Å². The van der Waals surface area contributed by atoms with Gasteiger partial charge in [-0.3, -0.25) is 0 Å². The lowest BCUT2D eigenvalue weighted by Gasteiger charge is -2.26. The average molecular weight is 281 g/mol. The van der Waals surface area contributed by atoms with Crippen LogP contribution >= 0.6 is 0 Å². The van der Waals surface area contributed by atoms with E-state index in [-0.39, 0.29) is 18.0 Å². The first kappa shape index (κ1) is 16.3. The van der Waals surface area contributed by atoms with Gasteiger partial charge in [-0.2, -0.15) is 0 Å². The van der Waals surface area contributed by atoms with E-state index in [1.807, 2.05) is 19.9 Å². The number of oxime groups is 1. The first-order valence-corrected chi connectivity index (χ1v) is 6.44. The number of amidine groups is 1. The maximum atomic E-state index is 9.02. The van der Waals surface area contributed by atoms with Crippen molar-refractivity contribution in [1.82, 2.24) is 5.32 Å². The third kappa shape index (κ3) is 4.40. The summed E-state index contributed by atoms with van der Waals surface area (Å²) in [6, 6.07) is 5.33. The first-order chi connectivity index (χ1) is 9.43. The zero-order chi connectivity index (χ0) is 15.2. The molecule has 0 atom stereocenters. The van der Waals surface area contributed by atoms with Crippen molar-refractivity contribution in [3.05, 3.63) is 29.3 Å². The van der Waals surface area contributed by atoms with Gasteiger partial charge >= 0.3 is 0 Å². The summed E-state index contributed by atoms with van der Waals surface area (Å²) < 4.78 is 5.31. The van der Waals surface area contributed by atoms with Crippen LogP contribution < -0.4 is 15.8 Å². The Bertz CT molecular complexity index is 473. The molecule has 0 saturated carbocycles. The molecule has 0 heterocycles. The number of nitrogens with zero attached hydrogens (tertiary/aromatic N) is 1. The van der Waals surface area contributed by atoms with Crippen LogP contribution in [0.4, 0.5) is 0 Å². The molecule has 0 unspecified atom stereocenters. The highest BCUT2D eigenvalue weighted by atomic mass is 16.5. The molecule has 6 heteroatoms. The van der Waals surface area contributed by atoms with Crippen LogP contribution in [0, 0.1) is 0 Å². The number of nitrogens with two attached hydrogens (primary N) is 1. The Morgan fingerprint density at radius 2 is 2.15 bits per heavy atom. The van der Waals surface area contributed by atoms with Crippen molar-refractivity contribution in [1.29, 1.82) is 0 Å². The molecule has 0 aliphatic rings. The van der Waals surface area contributed by atoms with E-state index >= 15 is 0 Å². The minimum Gasteiger partial charge on any atom is -0.496 e. The van der Waals surface area contributed by atoms with E-state index in [2.05, 4.69) is 10.5 Å². The van der Waals surface area contributed by atoms with E-state index in [0.29, 0.717) is 18.5 Å². The Morgan fingerprint density at radius 3 is 2.70 bits per heavy atom. The summed E-state index contributed by atoms with van der Waals surface area (Å²) in [7, 11) is 1.60. The largest absolute Gasteiger partial charge is 0.496 e. The van der Waals surface area contributed by atoms with Gasteiger partial charge in [-0.25, -0.2) is 0 Å². The summed E-state index contributed by atoms with van der Waals surface area (Å²) in [4.78, 5) is 0. The minimum atomic E-state index is -0.188. The van der Waals surface area contributed by atoms with Gasteiger partial charge in [0.15, 0.2) is 5.84 Å². The van der Waals surface area contributed by atoms with Crippen LogP contribution in [0.25, 0.3) is 0 Å². The Labute approximate surface area is 119 Å². The smallest absolute Gasteiger partial charge is 0.170 e. The van der Waals surface area contributed by atoms with E-state index in [4.69, 9.17) is 20.8 Å². The van der Waals surface area contributed by atoms with Crippen molar-refractivity contribution < 1.29 is 15.1 Å². The molecule has 5 N–H and O–H groups in total. The third-order valence-electron chi connectivity index (χ3n) is 3.18. The first-order valence-electron chi connectivity index (χ1n) is 6.44. The molecule has 112 valence electrons. The zero-order valence-corrected chi connectivity index (χ0v) is 12.2. The Balaban J connectivity index is 2.92. The molecule has 0 amide bonds. The average Bonchev–Trinajstić information content (AvgIpc) is 2.44. The monoisotopic (exact) mass is 281 g/mol. The van der Waals surface area contributed by atoms with E-state index in [1.54, 1.807) is 19.2 Å². The van der Waals surface area contributed by atoms with Gasteiger partial charge in [-0.1, -0.05) is 5.16 Å². The molecular weight excluding hydrogens is 258 g/mol.